The highest BCUT2D eigenvalue weighted by molar-refractivity contribution is 5.98. The summed E-state index contributed by atoms with van der Waals surface area (Å²) in [5, 5.41) is 4.38. The molecule has 1 aromatic heterocycles. The molecule has 0 bridgehead atoms. The third-order valence-corrected chi connectivity index (χ3v) is 3.22. The molecule has 21 heavy (non-hydrogen) atoms. The van der Waals surface area contributed by atoms with E-state index in [9.17, 15) is 0 Å². The molecule has 0 radical (unpaired) electrons. The number of anilines is 1. The lowest BCUT2D eigenvalue weighted by Gasteiger charge is -2.07. The van der Waals surface area contributed by atoms with Crippen LogP contribution in [0.5, 0.6) is 0 Å². The first-order valence-corrected chi connectivity index (χ1v) is 7.45. The zero-order chi connectivity index (χ0) is 15.1. The molecule has 4 heteroatoms. The second-order valence-corrected chi connectivity index (χ2v) is 4.95. The molecule has 0 aliphatic heterocycles. The molecule has 2 aromatic rings. The molecule has 0 fully saturated rings. The molecule has 0 amide bonds. The molecule has 0 saturated carbocycles. The average Bonchev–Trinajstić information content (AvgIpc) is 2.53. The summed E-state index contributed by atoms with van der Waals surface area (Å²) in [5.41, 5.74) is 7.10. The molecular weight excluding hydrogens is 260 g/mol. The Morgan fingerprint density at radius 2 is 1.81 bits per heavy atom. The molecule has 0 atom stereocenters. The Labute approximate surface area is 126 Å². The van der Waals surface area contributed by atoms with Crippen molar-refractivity contribution in [1.82, 2.24) is 9.97 Å². The minimum absolute atomic E-state index is 0.577. The van der Waals surface area contributed by atoms with Crippen LogP contribution in [0.15, 0.2) is 41.5 Å². The lowest BCUT2D eigenvalue weighted by atomic mass is 10.1. The van der Waals surface area contributed by atoms with Gasteiger partial charge in [0.15, 0.2) is 0 Å². The number of nitrogens with one attached hydrogen (secondary N) is 1. The zero-order valence-electron chi connectivity index (χ0n) is 12.9. The summed E-state index contributed by atoms with van der Waals surface area (Å²) in [4.78, 5) is 8.98. The number of benzene rings is 1. The summed E-state index contributed by atoms with van der Waals surface area (Å²) in [6, 6.07) is 12.1. The van der Waals surface area contributed by atoms with Gasteiger partial charge in [-0.1, -0.05) is 50.6 Å². The van der Waals surface area contributed by atoms with E-state index in [-0.39, 0.29) is 0 Å². The Morgan fingerprint density at radius 1 is 1.10 bits per heavy atom. The normalized spacial score (nSPS) is 11.5. The summed E-state index contributed by atoms with van der Waals surface area (Å²) >= 11 is 0. The predicted molar refractivity (Wildman–Crippen MR) is 87.7 cm³/mol. The Hall–Kier alpha value is -2.23. The van der Waals surface area contributed by atoms with Crippen molar-refractivity contribution in [3.63, 3.8) is 0 Å². The van der Waals surface area contributed by atoms with Crippen LogP contribution in [0.3, 0.4) is 0 Å². The molecule has 1 aromatic carbocycles. The Bertz CT molecular complexity index is 605. The van der Waals surface area contributed by atoms with Crippen LogP contribution < -0.4 is 5.43 Å². The third kappa shape index (κ3) is 4.38. The van der Waals surface area contributed by atoms with E-state index >= 15 is 0 Å². The van der Waals surface area contributed by atoms with Crippen molar-refractivity contribution in [2.24, 2.45) is 5.10 Å². The van der Waals surface area contributed by atoms with Crippen molar-refractivity contribution in [3.8, 4) is 0 Å². The van der Waals surface area contributed by atoms with Gasteiger partial charge in [-0.25, -0.2) is 15.4 Å². The largest absolute Gasteiger partial charge is 0.245 e. The van der Waals surface area contributed by atoms with Crippen molar-refractivity contribution in [2.45, 2.75) is 40.0 Å². The molecule has 0 unspecified atom stereocenters. The number of aromatic nitrogens is 2. The van der Waals surface area contributed by atoms with Gasteiger partial charge in [0.1, 0.15) is 0 Å². The fraction of sp³-hybridized carbons (Fsp3) is 0.353. The van der Waals surface area contributed by atoms with Crippen LogP contribution in [0.25, 0.3) is 0 Å². The fourth-order valence-corrected chi connectivity index (χ4v) is 2.05. The average molecular weight is 282 g/mol. The summed E-state index contributed by atoms with van der Waals surface area (Å²) in [5.74, 6) is 0.577. The molecule has 2 rings (SSSR count). The van der Waals surface area contributed by atoms with Gasteiger partial charge < -0.3 is 0 Å². The van der Waals surface area contributed by atoms with E-state index in [1.165, 1.54) is 0 Å². The van der Waals surface area contributed by atoms with E-state index in [1.54, 1.807) is 0 Å². The number of hydrazone groups is 1. The second-order valence-electron chi connectivity index (χ2n) is 4.95. The van der Waals surface area contributed by atoms with Crippen molar-refractivity contribution in [3.05, 3.63) is 53.3 Å². The van der Waals surface area contributed by atoms with Crippen LogP contribution in [0.2, 0.25) is 0 Å². The molecule has 0 saturated heterocycles. The number of rotatable bonds is 6. The van der Waals surface area contributed by atoms with Crippen LogP contribution in [-0.2, 0) is 12.8 Å². The van der Waals surface area contributed by atoms with Gasteiger partial charge in [0, 0.05) is 11.4 Å². The van der Waals surface area contributed by atoms with Gasteiger partial charge in [-0.3, -0.25) is 0 Å². The van der Waals surface area contributed by atoms with Crippen LogP contribution in [0, 0.1) is 0 Å². The van der Waals surface area contributed by atoms with Crippen molar-refractivity contribution in [1.29, 1.82) is 0 Å². The van der Waals surface area contributed by atoms with Crippen molar-refractivity contribution >= 4 is 11.7 Å². The Morgan fingerprint density at radius 3 is 2.48 bits per heavy atom. The highest BCUT2D eigenvalue weighted by Gasteiger charge is 2.03. The predicted octanol–water partition coefficient (Wildman–Crippen LogP) is 3.83. The lowest BCUT2D eigenvalue weighted by molar-refractivity contribution is 0.856. The SMILES string of the molecule is CCCc1cc(CC)nc(NN=C(C)c2ccccc2)n1. The molecule has 0 aliphatic carbocycles. The van der Waals surface area contributed by atoms with E-state index in [0.29, 0.717) is 5.95 Å². The first kappa shape index (κ1) is 15.2. The van der Waals surface area contributed by atoms with E-state index in [1.807, 2.05) is 37.3 Å². The van der Waals surface area contributed by atoms with Gasteiger partial charge in [-0.05, 0) is 31.4 Å². The first-order chi connectivity index (χ1) is 10.2. The van der Waals surface area contributed by atoms with Crippen LogP contribution in [0.1, 0.15) is 44.1 Å². The van der Waals surface area contributed by atoms with Gasteiger partial charge >= 0.3 is 0 Å². The van der Waals surface area contributed by atoms with E-state index < -0.39 is 0 Å². The second kappa shape index (κ2) is 7.53. The number of hydrogen-bond acceptors (Lipinski definition) is 4. The van der Waals surface area contributed by atoms with Crippen LogP contribution >= 0.6 is 0 Å². The number of nitrogens with zero attached hydrogens (tertiary/aromatic N) is 3. The molecule has 1 N–H and O–H groups in total. The summed E-state index contributed by atoms with van der Waals surface area (Å²) < 4.78 is 0. The summed E-state index contributed by atoms with van der Waals surface area (Å²) in [6.45, 7) is 6.22. The molecule has 0 aliphatic rings. The summed E-state index contributed by atoms with van der Waals surface area (Å²) in [6.07, 6.45) is 2.94. The topological polar surface area (TPSA) is 50.2 Å². The molecule has 1 heterocycles. The van der Waals surface area contributed by atoms with E-state index in [0.717, 1.165) is 41.9 Å². The maximum atomic E-state index is 4.51. The van der Waals surface area contributed by atoms with Gasteiger partial charge in [0.2, 0.25) is 5.95 Å². The highest BCUT2D eigenvalue weighted by atomic mass is 15.4. The minimum Gasteiger partial charge on any atom is -0.245 e. The monoisotopic (exact) mass is 282 g/mol. The van der Waals surface area contributed by atoms with Gasteiger partial charge in [-0.15, -0.1) is 0 Å². The first-order valence-electron chi connectivity index (χ1n) is 7.45. The molecule has 110 valence electrons. The van der Waals surface area contributed by atoms with Crippen LogP contribution in [0.4, 0.5) is 5.95 Å². The maximum Gasteiger partial charge on any atom is 0.243 e. The highest BCUT2D eigenvalue weighted by Crippen LogP contribution is 2.09. The number of hydrogen-bond donors (Lipinski definition) is 1. The van der Waals surface area contributed by atoms with Gasteiger partial charge in [0.05, 0.1) is 5.71 Å². The van der Waals surface area contributed by atoms with Gasteiger partial charge in [-0.2, -0.15) is 5.10 Å². The molecule has 4 nitrogen and oxygen atoms in total. The van der Waals surface area contributed by atoms with Crippen molar-refractivity contribution < 1.29 is 0 Å². The Kier molecular flexibility index (Phi) is 5.43. The fourth-order valence-electron chi connectivity index (χ4n) is 2.05. The van der Waals surface area contributed by atoms with Gasteiger partial charge in [0.25, 0.3) is 0 Å². The minimum atomic E-state index is 0.577. The summed E-state index contributed by atoms with van der Waals surface area (Å²) in [7, 11) is 0. The van der Waals surface area contributed by atoms with Crippen molar-refractivity contribution in [2.75, 3.05) is 5.43 Å². The lowest BCUT2D eigenvalue weighted by Crippen LogP contribution is -2.05. The molecule has 0 spiro atoms. The zero-order valence-corrected chi connectivity index (χ0v) is 12.9. The van der Waals surface area contributed by atoms with E-state index in [2.05, 4.69) is 40.4 Å². The maximum absolute atomic E-state index is 4.51. The smallest absolute Gasteiger partial charge is 0.243 e. The van der Waals surface area contributed by atoms with E-state index in [4.69, 9.17) is 0 Å². The molecular formula is C17H22N4. The standard InChI is InChI=1S/C17H22N4/c1-4-9-16-12-15(5-2)18-17(19-16)21-20-13(3)14-10-7-6-8-11-14/h6-8,10-12H,4-5,9H2,1-3H3,(H,18,19,21). The Balaban J connectivity index is 2.17. The van der Waals surface area contributed by atoms with Crippen LogP contribution in [-0.4, -0.2) is 15.7 Å². The quantitative estimate of drug-likeness (QED) is 0.647. The number of aryl methyl sites for hydroxylation is 2. The third-order valence-electron chi connectivity index (χ3n) is 3.22.